The van der Waals surface area contributed by atoms with Crippen LogP contribution in [0.15, 0.2) is 0 Å². The van der Waals surface area contributed by atoms with Gasteiger partial charge in [-0.25, -0.2) is 0 Å². The van der Waals surface area contributed by atoms with E-state index in [4.69, 9.17) is 0 Å². The molecule has 1 atom stereocenters. The van der Waals surface area contributed by atoms with Gasteiger partial charge in [0, 0.05) is 19.5 Å². The van der Waals surface area contributed by atoms with Crippen LogP contribution in [0, 0.1) is 5.92 Å². The van der Waals surface area contributed by atoms with Crippen molar-refractivity contribution in [3.8, 4) is 0 Å². The van der Waals surface area contributed by atoms with E-state index < -0.39 is 0 Å². The molecule has 5 heteroatoms. The molecule has 4 nitrogen and oxygen atoms in total. The molecule has 2 amide bonds. The first-order valence-electron chi connectivity index (χ1n) is 6.61. The number of thioether (sulfide) groups is 1. The van der Waals surface area contributed by atoms with Gasteiger partial charge in [-0.2, -0.15) is 11.8 Å². The van der Waals surface area contributed by atoms with Gasteiger partial charge in [0.1, 0.15) is 6.04 Å². The summed E-state index contributed by atoms with van der Waals surface area (Å²) in [5.41, 5.74) is 0. The molecule has 1 N–H and O–H groups in total. The van der Waals surface area contributed by atoms with Crippen LogP contribution in [0.4, 0.5) is 0 Å². The van der Waals surface area contributed by atoms with Crippen molar-refractivity contribution in [2.45, 2.75) is 39.2 Å². The Kier molecular flexibility index (Phi) is 6.54. The average Bonchev–Trinajstić information content (AvgIpc) is 2.42. The molecule has 1 fully saturated rings. The topological polar surface area (TPSA) is 49.4 Å². The SMILES string of the molecule is CSCCCN1CCC(=O)NC(CC(C)C)C1=O. The first-order valence-corrected chi connectivity index (χ1v) is 8.01. The molecule has 0 aromatic carbocycles. The van der Waals surface area contributed by atoms with Gasteiger partial charge < -0.3 is 10.2 Å². The molecule has 104 valence electrons. The van der Waals surface area contributed by atoms with Gasteiger partial charge in [-0.05, 0) is 30.8 Å². The van der Waals surface area contributed by atoms with Crippen molar-refractivity contribution in [3.63, 3.8) is 0 Å². The highest BCUT2D eigenvalue weighted by Gasteiger charge is 2.29. The first-order chi connectivity index (χ1) is 8.54. The van der Waals surface area contributed by atoms with E-state index in [0.717, 1.165) is 25.1 Å². The summed E-state index contributed by atoms with van der Waals surface area (Å²) in [5, 5.41) is 2.85. The van der Waals surface area contributed by atoms with Crippen molar-refractivity contribution in [1.82, 2.24) is 10.2 Å². The average molecular weight is 272 g/mol. The van der Waals surface area contributed by atoms with Crippen LogP contribution in [0.5, 0.6) is 0 Å². The van der Waals surface area contributed by atoms with Crippen molar-refractivity contribution < 1.29 is 9.59 Å². The van der Waals surface area contributed by atoms with E-state index in [1.54, 1.807) is 11.8 Å². The van der Waals surface area contributed by atoms with Crippen LogP contribution < -0.4 is 5.32 Å². The number of nitrogens with one attached hydrogen (secondary N) is 1. The van der Waals surface area contributed by atoms with E-state index in [0.29, 0.717) is 18.9 Å². The maximum atomic E-state index is 12.3. The van der Waals surface area contributed by atoms with Gasteiger partial charge in [0.2, 0.25) is 11.8 Å². The van der Waals surface area contributed by atoms with Crippen LogP contribution in [0.3, 0.4) is 0 Å². The molecule has 1 heterocycles. The minimum atomic E-state index is -0.325. The summed E-state index contributed by atoms with van der Waals surface area (Å²) in [7, 11) is 0. The van der Waals surface area contributed by atoms with Crippen LogP contribution >= 0.6 is 11.8 Å². The van der Waals surface area contributed by atoms with Crippen LogP contribution in [0.1, 0.15) is 33.1 Å². The summed E-state index contributed by atoms with van der Waals surface area (Å²) in [6, 6.07) is -0.325. The highest BCUT2D eigenvalue weighted by molar-refractivity contribution is 7.98. The third-order valence-electron chi connectivity index (χ3n) is 3.04. The van der Waals surface area contributed by atoms with Gasteiger partial charge in [-0.3, -0.25) is 9.59 Å². The smallest absolute Gasteiger partial charge is 0.245 e. The van der Waals surface area contributed by atoms with Crippen molar-refractivity contribution in [2.75, 3.05) is 25.1 Å². The van der Waals surface area contributed by atoms with Gasteiger partial charge in [0.05, 0.1) is 0 Å². The van der Waals surface area contributed by atoms with E-state index in [1.807, 2.05) is 4.90 Å². The number of rotatable bonds is 6. The molecule has 0 aromatic heterocycles. The van der Waals surface area contributed by atoms with Gasteiger partial charge in [0.15, 0.2) is 0 Å². The van der Waals surface area contributed by atoms with Gasteiger partial charge in [0.25, 0.3) is 0 Å². The number of amides is 2. The van der Waals surface area contributed by atoms with Crippen LogP contribution in [-0.4, -0.2) is 47.9 Å². The molecule has 0 bridgehead atoms. The van der Waals surface area contributed by atoms with E-state index in [-0.39, 0.29) is 17.9 Å². The molecule has 0 radical (unpaired) electrons. The monoisotopic (exact) mass is 272 g/mol. The molecule has 0 spiro atoms. The van der Waals surface area contributed by atoms with Gasteiger partial charge >= 0.3 is 0 Å². The molecule has 1 unspecified atom stereocenters. The number of carbonyl (C=O) groups is 2. The molecule has 1 saturated heterocycles. The maximum Gasteiger partial charge on any atom is 0.245 e. The minimum absolute atomic E-state index is 0.00127. The lowest BCUT2D eigenvalue weighted by Gasteiger charge is -2.24. The van der Waals surface area contributed by atoms with Crippen molar-refractivity contribution in [3.05, 3.63) is 0 Å². The van der Waals surface area contributed by atoms with E-state index in [9.17, 15) is 9.59 Å². The summed E-state index contributed by atoms with van der Waals surface area (Å²) in [4.78, 5) is 25.8. The second kappa shape index (κ2) is 7.67. The number of carbonyl (C=O) groups excluding carboxylic acids is 2. The summed E-state index contributed by atoms with van der Waals surface area (Å²) in [5.74, 6) is 1.56. The third-order valence-corrected chi connectivity index (χ3v) is 3.73. The Morgan fingerprint density at radius 2 is 2.17 bits per heavy atom. The van der Waals surface area contributed by atoms with E-state index in [1.165, 1.54) is 0 Å². The van der Waals surface area contributed by atoms with Crippen LogP contribution in [-0.2, 0) is 9.59 Å². The minimum Gasteiger partial charge on any atom is -0.344 e. The Labute approximate surface area is 114 Å². The van der Waals surface area contributed by atoms with E-state index >= 15 is 0 Å². The predicted molar refractivity (Wildman–Crippen MR) is 75.6 cm³/mol. The molecule has 1 aliphatic heterocycles. The summed E-state index contributed by atoms with van der Waals surface area (Å²) >= 11 is 1.79. The highest BCUT2D eigenvalue weighted by atomic mass is 32.2. The first kappa shape index (κ1) is 15.3. The van der Waals surface area contributed by atoms with Crippen molar-refractivity contribution in [2.24, 2.45) is 5.92 Å². The lowest BCUT2D eigenvalue weighted by Crippen LogP contribution is -2.45. The zero-order chi connectivity index (χ0) is 13.5. The number of hydrogen-bond acceptors (Lipinski definition) is 3. The zero-order valence-electron chi connectivity index (χ0n) is 11.6. The summed E-state index contributed by atoms with van der Waals surface area (Å²) in [6.45, 7) is 5.47. The number of nitrogens with zero attached hydrogens (tertiary/aromatic N) is 1. The lowest BCUT2D eigenvalue weighted by molar-refractivity contribution is -0.134. The van der Waals surface area contributed by atoms with Crippen LogP contribution in [0.25, 0.3) is 0 Å². The second-order valence-corrected chi connectivity index (χ2v) is 6.16. The Hall–Kier alpha value is -0.710. The molecule has 0 aromatic rings. The number of hydrogen-bond donors (Lipinski definition) is 1. The Morgan fingerprint density at radius 3 is 2.78 bits per heavy atom. The molecule has 1 aliphatic rings. The Bertz CT molecular complexity index is 295. The summed E-state index contributed by atoms with van der Waals surface area (Å²) in [6.07, 6.45) is 4.22. The lowest BCUT2D eigenvalue weighted by atomic mass is 10.0. The van der Waals surface area contributed by atoms with Crippen molar-refractivity contribution in [1.29, 1.82) is 0 Å². The fourth-order valence-corrected chi connectivity index (χ4v) is 2.57. The molecular weight excluding hydrogens is 248 g/mol. The quantitative estimate of drug-likeness (QED) is 0.746. The molecule has 18 heavy (non-hydrogen) atoms. The van der Waals surface area contributed by atoms with Gasteiger partial charge in [-0.15, -0.1) is 0 Å². The van der Waals surface area contributed by atoms with Gasteiger partial charge in [-0.1, -0.05) is 13.8 Å². The molecule has 0 aliphatic carbocycles. The standard InChI is InChI=1S/C13H24N2O2S/c1-10(2)9-11-13(17)15(6-4-8-18-3)7-5-12(16)14-11/h10-11H,4-9H2,1-3H3,(H,14,16). The fraction of sp³-hybridized carbons (Fsp3) is 0.846. The third kappa shape index (κ3) is 4.88. The second-order valence-electron chi connectivity index (χ2n) is 5.17. The van der Waals surface area contributed by atoms with E-state index in [2.05, 4.69) is 25.4 Å². The summed E-state index contributed by atoms with van der Waals surface area (Å²) < 4.78 is 0. The highest BCUT2D eigenvalue weighted by Crippen LogP contribution is 2.12. The molecular formula is C13H24N2O2S. The predicted octanol–water partition coefficient (Wildman–Crippen LogP) is 1.50. The van der Waals surface area contributed by atoms with Crippen LogP contribution in [0.2, 0.25) is 0 Å². The maximum absolute atomic E-state index is 12.3. The Morgan fingerprint density at radius 1 is 1.44 bits per heavy atom. The van der Waals surface area contributed by atoms with Crippen molar-refractivity contribution >= 4 is 23.6 Å². The Balaban J connectivity index is 2.61. The molecule has 0 saturated carbocycles. The normalized spacial score (nSPS) is 21.1. The fourth-order valence-electron chi connectivity index (χ4n) is 2.15. The zero-order valence-corrected chi connectivity index (χ0v) is 12.4. The molecule has 1 rings (SSSR count). The largest absolute Gasteiger partial charge is 0.344 e.